The normalized spacial score (nSPS) is 15.5. The number of amides is 1. The SMILES string of the molecule is Cl.O=C(NCCOc1ncc(C(F)(F)F)cc1Cl)C1CCNCC1. The lowest BCUT2D eigenvalue weighted by atomic mass is 9.97. The summed E-state index contributed by atoms with van der Waals surface area (Å²) in [6.07, 6.45) is -2.26. The molecule has 136 valence electrons. The van der Waals surface area contributed by atoms with Gasteiger partial charge < -0.3 is 15.4 Å². The molecule has 0 saturated carbocycles. The molecule has 0 spiro atoms. The van der Waals surface area contributed by atoms with Gasteiger partial charge in [0.15, 0.2) is 0 Å². The number of nitrogens with one attached hydrogen (secondary N) is 2. The van der Waals surface area contributed by atoms with E-state index in [1.807, 2.05) is 0 Å². The molecule has 2 rings (SSSR count). The third kappa shape index (κ3) is 5.99. The van der Waals surface area contributed by atoms with Crippen LogP contribution in [0.15, 0.2) is 12.3 Å². The molecule has 24 heavy (non-hydrogen) atoms. The first-order valence-corrected chi connectivity index (χ1v) is 7.59. The Labute approximate surface area is 148 Å². The maximum absolute atomic E-state index is 12.5. The van der Waals surface area contributed by atoms with E-state index in [0.29, 0.717) is 6.20 Å². The molecule has 5 nitrogen and oxygen atoms in total. The number of hydrogen-bond acceptors (Lipinski definition) is 4. The van der Waals surface area contributed by atoms with E-state index in [-0.39, 0.29) is 48.3 Å². The van der Waals surface area contributed by atoms with Gasteiger partial charge >= 0.3 is 6.18 Å². The first kappa shape index (κ1) is 20.8. The number of rotatable bonds is 5. The summed E-state index contributed by atoms with van der Waals surface area (Å²) in [5.41, 5.74) is -0.936. The largest absolute Gasteiger partial charge is 0.475 e. The average molecular weight is 388 g/mol. The highest BCUT2D eigenvalue weighted by molar-refractivity contribution is 6.31. The number of ether oxygens (including phenoxy) is 1. The molecule has 1 aromatic rings. The fraction of sp³-hybridized carbons (Fsp3) is 0.571. The number of piperidine rings is 1. The maximum atomic E-state index is 12.5. The molecule has 10 heteroatoms. The van der Waals surface area contributed by atoms with Gasteiger partial charge in [-0.3, -0.25) is 4.79 Å². The van der Waals surface area contributed by atoms with Gasteiger partial charge in [-0.25, -0.2) is 4.98 Å². The molecule has 2 N–H and O–H groups in total. The van der Waals surface area contributed by atoms with Crippen LogP contribution in [0, 0.1) is 5.92 Å². The van der Waals surface area contributed by atoms with Crippen molar-refractivity contribution >= 4 is 29.9 Å². The second kappa shape index (κ2) is 9.29. The third-order valence-electron chi connectivity index (χ3n) is 3.48. The second-order valence-electron chi connectivity index (χ2n) is 5.17. The Hall–Kier alpha value is -1.25. The first-order valence-electron chi connectivity index (χ1n) is 7.22. The predicted octanol–water partition coefficient (Wildman–Crippen LogP) is 2.67. The summed E-state index contributed by atoms with van der Waals surface area (Å²) in [6.45, 7) is 1.95. The van der Waals surface area contributed by atoms with E-state index in [4.69, 9.17) is 16.3 Å². The van der Waals surface area contributed by atoms with Gasteiger partial charge in [-0.15, -0.1) is 12.4 Å². The van der Waals surface area contributed by atoms with E-state index < -0.39 is 11.7 Å². The number of pyridine rings is 1. The van der Waals surface area contributed by atoms with Gasteiger partial charge in [0, 0.05) is 12.1 Å². The van der Waals surface area contributed by atoms with E-state index in [1.54, 1.807) is 0 Å². The van der Waals surface area contributed by atoms with Crippen LogP contribution in [-0.2, 0) is 11.0 Å². The fourth-order valence-electron chi connectivity index (χ4n) is 2.24. The van der Waals surface area contributed by atoms with Crippen molar-refractivity contribution in [1.82, 2.24) is 15.6 Å². The minimum absolute atomic E-state index is 0. The van der Waals surface area contributed by atoms with Crippen LogP contribution in [0.3, 0.4) is 0 Å². The number of nitrogens with zero attached hydrogens (tertiary/aromatic N) is 1. The summed E-state index contributed by atoms with van der Waals surface area (Å²) in [7, 11) is 0. The Kier molecular flexibility index (Phi) is 8.05. The summed E-state index contributed by atoms with van der Waals surface area (Å²) in [5.74, 6) is -0.138. The van der Waals surface area contributed by atoms with Crippen LogP contribution >= 0.6 is 24.0 Å². The topological polar surface area (TPSA) is 63.2 Å². The Balaban J connectivity index is 0.00000288. The zero-order valence-corrected chi connectivity index (χ0v) is 14.2. The predicted molar refractivity (Wildman–Crippen MR) is 85.6 cm³/mol. The summed E-state index contributed by atoms with van der Waals surface area (Å²) >= 11 is 5.72. The summed E-state index contributed by atoms with van der Waals surface area (Å²) in [4.78, 5) is 15.4. The standard InChI is InChI=1S/C14H17ClF3N3O2.ClH/c15-11-7-10(14(16,17)18)8-21-13(11)23-6-5-20-12(22)9-1-3-19-4-2-9;/h7-9,19H,1-6H2,(H,20,22);1H. The highest BCUT2D eigenvalue weighted by Gasteiger charge is 2.31. The van der Waals surface area contributed by atoms with E-state index in [9.17, 15) is 18.0 Å². The smallest absolute Gasteiger partial charge is 0.417 e. The van der Waals surface area contributed by atoms with E-state index in [1.165, 1.54) is 0 Å². The molecule has 1 amide bonds. The molecule has 1 aliphatic heterocycles. The van der Waals surface area contributed by atoms with Gasteiger partial charge in [-0.2, -0.15) is 13.2 Å². The summed E-state index contributed by atoms with van der Waals surface area (Å²) in [5, 5.41) is 5.69. The average Bonchev–Trinajstić information content (AvgIpc) is 2.52. The van der Waals surface area contributed by atoms with Gasteiger partial charge in [0.1, 0.15) is 11.6 Å². The van der Waals surface area contributed by atoms with Crippen molar-refractivity contribution in [2.75, 3.05) is 26.2 Å². The van der Waals surface area contributed by atoms with Crippen LogP contribution in [0.4, 0.5) is 13.2 Å². The molecular weight excluding hydrogens is 370 g/mol. The number of aromatic nitrogens is 1. The second-order valence-corrected chi connectivity index (χ2v) is 5.58. The van der Waals surface area contributed by atoms with Crippen molar-refractivity contribution in [2.45, 2.75) is 19.0 Å². The quantitative estimate of drug-likeness (QED) is 0.762. The van der Waals surface area contributed by atoms with Gasteiger partial charge in [-0.1, -0.05) is 11.6 Å². The van der Waals surface area contributed by atoms with Crippen molar-refractivity contribution in [3.63, 3.8) is 0 Å². The Morgan fingerprint density at radius 2 is 2.08 bits per heavy atom. The summed E-state index contributed by atoms with van der Waals surface area (Å²) < 4.78 is 42.6. The van der Waals surface area contributed by atoms with Gasteiger partial charge in [0.2, 0.25) is 11.8 Å². The van der Waals surface area contributed by atoms with Crippen molar-refractivity contribution in [2.24, 2.45) is 5.92 Å². The molecule has 0 bridgehead atoms. The number of carbonyl (C=O) groups is 1. The minimum Gasteiger partial charge on any atom is -0.475 e. The monoisotopic (exact) mass is 387 g/mol. The molecule has 0 aliphatic carbocycles. The number of hydrogen-bond donors (Lipinski definition) is 2. The van der Waals surface area contributed by atoms with Crippen LogP contribution in [0.2, 0.25) is 5.02 Å². The lowest BCUT2D eigenvalue weighted by Crippen LogP contribution is -2.39. The molecule has 1 aliphatic rings. The molecule has 0 atom stereocenters. The van der Waals surface area contributed by atoms with E-state index >= 15 is 0 Å². The highest BCUT2D eigenvalue weighted by Crippen LogP contribution is 2.32. The van der Waals surface area contributed by atoms with Gasteiger partial charge in [0.05, 0.1) is 12.1 Å². The van der Waals surface area contributed by atoms with Crippen LogP contribution < -0.4 is 15.4 Å². The van der Waals surface area contributed by atoms with Crippen molar-refractivity contribution < 1.29 is 22.7 Å². The van der Waals surface area contributed by atoms with Crippen molar-refractivity contribution in [1.29, 1.82) is 0 Å². The first-order chi connectivity index (χ1) is 10.9. The van der Waals surface area contributed by atoms with Crippen LogP contribution in [-0.4, -0.2) is 37.1 Å². The minimum atomic E-state index is -4.50. The van der Waals surface area contributed by atoms with Gasteiger partial charge in [-0.05, 0) is 32.0 Å². The zero-order valence-electron chi connectivity index (χ0n) is 12.7. The van der Waals surface area contributed by atoms with Crippen molar-refractivity contribution in [3.05, 3.63) is 22.8 Å². The van der Waals surface area contributed by atoms with Crippen LogP contribution in [0.5, 0.6) is 5.88 Å². The Morgan fingerprint density at radius 1 is 1.42 bits per heavy atom. The van der Waals surface area contributed by atoms with Gasteiger partial charge in [0.25, 0.3) is 0 Å². The van der Waals surface area contributed by atoms with Crippen LogP contribution in [0.25, 0.3) is 0 Å². The van der Waals surface area contributed by atoms with Crippen molar-refractivity contribution in [3.8, 4) is 5.88 Å². The highest BCUT2D eigenvalue weighted by atomic mass is 35.5. The molecule has 1 aromatic heterocycles. The molecule has 0 aromatic carbocycles. The molecule has 0 unspecified atom stereocenters. The summed E-state index contributed by atoms with van der Waals surface area (Å²) in [6, 6.07) is 0.761. The molecular formula is C14H18Cl2F3N3O2. The maximum Gasteiger partial charge on any atom is 0.417 e. The van der Waals surface area contributed by atoms with Crippen LogP contribution in [0.1, 0.15) is 18.4 Å². The Morgan fingerprint density at radius 3 is 2.67 bits per heavy atom. The Bertz CT molecular complexity index is 553. The number of halogens is 5. The zero-order chi connectivity index (χ0) is 16.9. The fourth-order valence-corrected chi connectivity index (χ4v) is 2.46. The number of carbonyl (C=O) groups excluding carboxylic acids is 1. The molecule has 0 radical (unpaired) electrons. The molecule has 1 fully saturated rings. The van der Waals surface area contributed by atoms with E-state index in [2.05, 4.69) is 15.6 Å². The van der Waals surface area contributed by atoms with E-state index in [0.717, 1.165) is 32.0 Å². The molecule has 2 heterocycles. The lowest BCUT2D eigenvalue weighted by Gasteiger charge is -2.21. The number of alkyl halides is 3. The molecule has 1 saturated heterocycles. The third-order valence-corrected chi connectivity index (χ3v) is 3.76. The lowest BCUT2D eigenvalue weighted by molar-refractivity contribution is -0.137.